The van der Waals surface area contributed by atoms with Gasteiger partial charge >= 0.3 is 0 Å². The number of nitrogens with two attached hydrogens (primary N) is 2. The SMILES string of the molecule is CCC1=C(CC)C(N)(N)CCCCC1. The smallest absolute Gasteiger partial charge is 0.0860 e. The van der Waals surface area contributed by atoms with E-state index >= 15 is 0 Å². The summed E-state index contributed by atoms with van der Waals surface area (Å²) in [7, 11) is 0. The third-order valence-corrected chi connectivity index (χ3v) is 3.34. The van der Waals surface area contributed by atoms with Gasteiger partial charge < -0.3 is 11.5 Å². The van der Waals surface area contributed by atoms with Crippen LogP contribution in [-0.4, -0.2) is 5.66 Å². The van der Waals surface area contributed by atoms with Crippen LogP contribution in [0.15, 0.2) is 11.1 Å². The predicted molar refractivity (Wildman–Crippen MR) is 61.8 cm³/mol. The summed E-state index contributed by atoms with van der Waals surface area (Å²) in [5, 5.41) is 0. The number of allylic oxidation sites excluding steroid dienone is 1. The van der Waals surface area contributed by atoms with E-state index in [0.29, 0.717) is 0 Å². The molecule has 1 aliphatic carbocycles. The summed E-state index contributed by atoms with van der Waals surface area (Å²) in [5.41, 5.74) is 14.7. The van der Waals surface area contributed by atoms with Gasteiger partial charge in [-0.25, -0.2) is 0 Å². The van der Waals surface area contributed by atoms with E-state index < -0.39 is 5.66 Å². The van der Waals surface area contributed by atoms with Gasteiger partial charge in [-0.15, -0.1) is 0 Å². The Bertz CT molecular complexity index is 216. The molecule has 0 fully saturated rings. The first-order chi connectivity index (χ1) is 6.61. The van der Waals surface area contributed by atoms with E-state index in [1.807, 2.05) is 0 Å². The molecule has 1 aliphatic rings. The molecule has 2 nitrogen and oxygen atoms in total. The highest BCUT2D eigenvalue weighted by Gasteiger charge is 2.26. The van der Waals surface area contributed by atoms with Crippen molar-refractivity contribution in [2.45, 2.75) is 64.5 Å². The van der Waals surface area contributed by atoms with Gasteiger partial charge in [0.05, 0.1) is 5.66 Å². The minimum atomic E-state index is -0.527. The first-order valence-corrected chi connectivity index (χ1v) is 5.91. The molecular weight excluding hydrogens is 172 g/mol. The molecule has 0 aromatic heterocycles. The molecule has 0 aliphatic heterocycles. The van der Waals surface area contributed by atoms with Crippen molar-refractivity contribution < 1.29 is 0 Å². The van der Waals surface area contributed by atoms with Crippen molar-refractivity contribution in [1.29, 1.82) is 0 Å². The molecule has 4 N–H and O–H groups in total. The Morgan fingerprint density at radius 3 is 2.36 bits per heavy atom. The molecule has 0 atom stereocenters. The van der Waals surface area contributed by atoms with E-state index in [1.54, 1.807) is 0 Å². The zero-order chi connectivity index (χ0) is 10.6. The molecule has 0 aromatic carbocycles. The van der Waals surface area contributed by atoms with Crippen molar-refractivity contribution >= 4 is 0 Å². The van der Waals surface area contributed by atoms with Crippen molar-refractivity contribution in [2.24, 2.45) is 11.5 Å². The van der Waals surface area contributed by atoms with E-state index in [1.165, 1.54) is 36.8 Å². The Balaban J connectivity index is 2.97. The summed E-state index contributed by atoms with van der Waals surface area (Å²) in [6.07, 6.45) is 8.03. The average molecular weight is 196 g/mol. The Hall–Kier alpha value is -0.340. The van der Waals surface area contributed by atoms with Crippen LogP contribution < -0.4 is 11.5 Å². The Labute approximate surface area is 87.7 Å². The van der Waals surface area contributed by atoms with Crippen molar-refractivity contribution in [1.82, 2.24) is 0 Å². The molecular formula is C12H24N2. The van der Waals surface area contributed by atoms with Crippen LogP contribution in [-0.2, 0) is 0 Å². The third-order valence-electron chi connectivity index (χ3n) is 3.34. The minimum absolute atomic E-state index is 0.527. The lowest BCUT2D eigenvalue weighted by molar-refractivity contribution is 0.418. The van der Waals surface area contributed by atoms with Crippen LogP contribution in [0.2, 0.25) is 0 Å². The molecule has 0 saturated heterocycles. The van der Waals surface area contributed by atoms with Crippen molar-refractivity contribution in [3.05, 3.63) is 11.1 Å². The molecule has 2 heteroatoms. The van der Waals surface area contributed by atoms with Gasteiger partial charge in [0.25, 0.3) is 0 Å². The highest BCUT2D eigenvalue weighted by Crippen LogP contribution is 2.29. The minimum Gasteiger partial charge on any atom is -0.310 e. The molecule has 1 rings (SSSR count). The van der Waals surface area contributed by atoms with Crippen LogP contribution in [0.3, 0.4) is 0 Å². The lowest BCUT2D eigenvalue weighted by Gasteiger charge is -2.32. The maximum atomic E-state index is 6.19. The van der Waals surface area contributed by atoms with Crippen molar-refractivity contribution in [3.8, 4) is 0 Å². The van der Waals surface area contributed by atoms with Gasteiger partial charge in [-0.3, -0.25) is 0 Å². The number of hydrogen-bond acceptors (Lipinski definition) is 2. The number of hydrogen-bond donors (Lipinski definition) is 2. The topological polar surface area (TPSA) is 52.0 Å². The summed E-state index contributed by atoms with van der Waals surface area (Å²) in [4.78, 5) is 0. The fourth-order valence-corrected chi connectivity index (χ4v) is 2.53. The maximum Gasteiger partial charge on any atom is 0.0860 e. The molecule has 0 saturated carbocycles. The molecule has 0 aromatic rings. The summed E-state index contributed by atoms with van der Waals surface area (Å²) in [6, 6.07) is 0. The highest BCUT2D eigenvalue weighted by atomic mass is 15.0. The maximum absolute atomic E-state index is 6.19. The summed E-state index contributed by atoms with van der Waals surface area (Å²) >= 11 is 0. The molecule has 0 unspecified atom stereocenters. The Kier molecular flexibility index (Phi) is 4.14. The average Bonchev–Trinajstić information content (AvgIpc) is 2.12. The van der Waals surface area contributed by atoms with Gasteiger partial charge in [0.2, 0.25) is 0 Å². The molecule has 0 radical (unpaired) electrons. The summed E-state index contributed by atoms with van der Waals surface area (Å²) < 4.78 is 0. The first kappa shape index (κ1) is 11.7. The van der Waals surface area contributed by atoms with Gasteiger partial charge in [0.15, 0.2) is 0 Å². The van der Waals surface area contributed by atoms with Crippen molar-refractivity contribution in [3.63, 3.8) is 0 Å². The molecule has 14 heavy (non-hydrogen) atoms. The van der Waals surface area contributed by atoms with E-state index in [4.69, 9.17) is 11.5 Å². The van der Waals surface area contributed by atoms with Crippen LogP contribution in [0.25, 0.3) is 0 Å². The fraction of sp³-hybridized carbons (Fsp3) is 0.833. The highest BCUT2D eigenvalue weighted by molar-refractivity contribution is 5.24. The molecule has 0 bridgehead atoms. The third kappa shape index (κ3) is 2.58. The van der Waals surface area contributed by atoms with Gasteiger partial charge in [-0.2, -0.15) is 0 Å². The molecule has 0 heterocycles. The van der Waals surface area contributed by atoms with Gasteiger partial charge in [-0.1, -0.05) is 25.8 Å². The second-order valence-electron chi connectivity index (χ2n) is 4.39. The van der Waals surface area contributed by atoms with Crippen LogP contribution in [0.4, 0.5) is 0 Å². The number of rotatable bonds is 2. The van der Waals surface area contributed by atoms with Crippen LogP contribution in [0, 0.1) is 0 Å². The monoisotopic (exact) mass is 196 g/mol. The van der Waals surface area contributed by atoms with Gasteiger partial charge in [0.1, 0.15) is 0 Å². The standard InChI is InChI=1S/C12H24N2/c1-3-10-8-6-5-7-9-12(13,14)11(10)4-2/h3-9,13-14H2,1-2H3. The predicted octanol–water partition coefficient (Wildman–Crippen LogP) is 2.68. The molecule has 82 valence electrons. The zero-order valence-corrected chi connectivity index (χ0v) is 9.60. The molecule has 0 spiro atoms. The first-order valence-electron chi connectivity index (χ1n) is 5.91. The Morgan fingerprint density at radius 1 is 1.07 bits per heavy atom. The largest absolute Gasteiger partial charge is 0.310 e. The summed E-state index contributed by atoms with van der Waals surface area (Å²) in [6.45, 7) is 4.38. The van der Waals surface area contributed by atoms with Crippen molar-refractivity contribution in [2.75, 3.05) is 0 Å². The van der Waals surface area contributed by atoms with E-state index in [0.717, 1.165) is 19.3 Å². The second-order valence-corrected chi connectivity index (χ2v) is 4.39. The lowest BCUT2D eigenvalue weighted by Crippen LogP contribution is -2.51. The Morgan fingerprint density at radius 2 is 1.79 bits per heavy atom. The zero-order valence-electron chi connectivity index (χ0n) is 9.60. The van der Waals surface area contributed by atoms with E-state index in [-0.39, 0.29) is 0 Å². The van der Waals surface area contributed by atoms with Crippen LogP contribution >= 0.6 is 0 Å². The quantitative estimate of drug-likeness (QED) is 0.527. The molecule has 0 amide bonds. The second kappa shape index (κ2) is 4.94. The van der Waals surface area contributed by atoms with Crippen LogP contribution in [0.1, 0.15) is 58.8 Å². The fourth-order valence-electron chi connectivity index (χ4n) is 2.53. The van der Waals surface area contributed by atoms with Gasteiger partial charge in [-0.05, 0) is 44.1 Å². The summed E-state index contributed by atoms with van der Waals surface area (Å²) in [5.74, 6) is 0. The van der Waals surface area contributed by atoms with E-state index in [9.17, 15) is 0 Å². The van der Waals surface area contributed by atoms with Crippen LogP contribution in [0.5, 0.6) is 0 Å². The van der Waals surface area contributed by atoms with Gasteiger partial charge in [0, 0.05) is 0 Å². The lowest BCUT2D eigenvalue weighted by atomic mass is 9.83. The van der Waals surface area contributed by atoms with E-state index in [2.05, 4.69) is 13.8 Å². The normalized spacial score (nSPS) is 23.1.